The molecule has 1 aromatic carbocycles. The highest BCUT2D eigenvalue weighted by atomic mass is 32.1. The summed E-state index contributed by atoms with van der Waals surface area (Å²) in [6.45, 7) is 1.11. The molecule has 3 heterocycles. The maximum absolute atomic E-state index is 12.1. The van der Waals surface area contributed by atoms with Crippen molar-refractivity contribution in [3.05, 3.63) is 41.3 Å². The molecule has 0 radical (unpaired) electrons. The van der Waals surface area contributed by atoms with Crippen molar-refractivity contribution >= 4 is 38.9 Å². The minimum atomic E-state index is -0.280. The van der Waals surface area contributed by atoms with Crippen LogP contribution in [0.25, 0.3) is 20.1 Å². The quantitative estimate of drug-likeness (QED) is 0.659. The molecule has 1 unspecified atom stereocenters. The number of fused-ring (bicyclic) bond motifs is 1. The van der Waals surface area contributed by atoms with Crippen molar-refractivity contribution in [3.8, 4) is 9.88 Å². The number of ether oxygens (including phenoxy) is 2. The molecule has 0 amide bonds. The number of hydrogen-bond acceptors (Lipinski definition) is 6. The normalized spacial score (nSPS) is 17.7. The molecule has 0 aliphatic carbocycles. The molecule has 1 fully saturated rings. The highest BCUT2D eigenvalue weighted by molar-refractivity contribution is 7.26. The molecule has 118 valence electrons. The number of hydrogen-bond donors (Lipinski definition) is 0. The molecule has 0 spiro atoms. The SMILES string of the molecule is O=C(OCC1CCCO1)c1ccc(-c2nc3ccccc3s2)s1. The number of carbonyl (C=O) groups excluding carboxylic acids is 1. The Morgan fingerprint density at radius 2 is 2.17 bits per heavy atom. The largest absolute Gasteiger partial charge is 0.459 e. The molecule has 1 aliphatic heterocycles. The van der Waals surface area contributed by atoms with Crippen molar-refractivity contribution in [1.29, 1.82) is 0 Å². The van der Waals surface area contributed by atoms with Gasteiger partial charge in [0.25, 0.3) is 0 Å². The summed E-state index contributed by atoms with van der Waals surface area (Å²) in [5.41, 5.74) is 0.989. The third-order valence-electron chi connectivity index (χ3n) is 3.74. The van der Waals surface area contributed by atoms with Gasteiger partial charge in [0.2, 0.25) is 0 Å². The molecule has 23 heavy (non-hydrogen) atoms. The van der Waals surface area contributed by atoms with Crippen LogP contribution < -0.4 is 0 Å². The molecule has 1 saturated heterocycles. The summed E-state index contributed by atoms with van der Waals surface area (Å²) in [5, 5.41) is 0.939. The van der Waals surface area contributed by atoms with Gasteiger partial charge in [-0.25, -0.2) is 9.78 Å². The van der Waals surface area contributed by atoms with Crippen molar-refractivity contribution in [1.82, 2.24) is 4.98 Å². The zero-order valence-electron chi connectivity index (χ0n) is 12.4. The molecule has 1 atom stereocenters. The molecule has 3 aromatic rings. The van der Waals surface area contributed by atoms with E-state index in [0.717, 1.165) is 39.5 Å². The summed E-state index contributed by atoms with van der Waals surface area (Å²) < 4.78 is 12.0. The van der Waals surface area contributed by atoms with Crippen molar-refractivity contribution in [3.63, 3.8) is 0 Å². The third kappa shape index (κ3) is 3.15. The number of thiazole rings is 1. The monoisotopic (exact) mass is 345 g/mol. The lowest BCUT2D eigenvalue weighted by Crippen LogP contribution is -2.17. The highest BCUT2D eigenvalue weighted by Gasteiger charge is 2.19. The fourth-order valence-electron chi connectivity index (χ4n) is 2.56. The number of carbonyl (C=O) groups is 1. The number of nitrogens with zero attached hydrogens (tertiary/aromatic N) is 1. The Hall–Kier alpha value is -1.76. The van der Waals surface area contributed by atoms with E-state index < -0.39 is 0 Å². The van der Waals surface area contributed by atoms with Crippen LogP contribution in [0, 0.1) is 0 Å². The Morgan fingerprint density at radius 1 is 1.26 bits per heavy atom. The van der Waals surface area contributed by atoms with Gasteiger partial charge in [-0.15, -0.1) is 22.7 Å². The second-order valence-corrected chi connectivity index (χ2v) is 7.50. The third-order valence-corrected chi connectivity index (χ3v) is 6.01. The minimum Gasteiger partial charge on any atom is -0.459 e. The predicted molar refractivity (Wildman–Crippen MR) is 92.2 cm³/mol. The number of benzene rings is 1. The van der Waals surface area contributed by atoms with E-state index in [9.17, 15) is 4.79 Å². The van der Waals surface area contributed by atoms with Crippen molar-refractivity contribution in [2.75, 3.05) is 13.2 Å². The van der Waals surface area contributed by atoms with Crippen LogP contribution in [0.3, 0.4) is 0 Å². The standard InChI is InChI=1S/C17H15NO3S2/c19-17(21-10-11-4-3-9-20-11)15-8-7-14(22-15)16-18-12-5-1-2-6-13(12)23-16/h1-2,5-8,11H,3-4,9-10H2. The summed E-state index contributed by atoms with van der Waals surface area (Å²) in [4.78, 5) is 18.4. The fourth-order valence-corrected chi connectivity index (χ4v) is 4.48. The first-order chi connectivity index (χ1) is 11.3. The van der Waals surface area contributed by atoms with Gasteiger partial charge >= 0.3 is 5.97 Å². The van der Waals surface area contributed by atoms with Gasteiger partial charge < -0.3 is 9.47 Å². The van der Waals surface area contributed by atoms with Crippen LogP contribution in [0.15, 0.2) is 36.4 Å². The van der Waals surface area contributed by atoms with Gasteiger partial charge in [-0.05, 0) is 37.1 Å². The summed E-state index contributed by atoms with van der Waals surface area (Å²) >= 11 is 3.06. The van der Waals surface area contributed by atoms with E-state index in [4.69, 9.17) is 9.47 Å². The van der Waals surface area contributed by atoms with E-state index in [1.807, 2.05) is 30.3 Å². The summed E-state index contributed by atoms with van der Waals surface area (Å²) in [5.74, 6) is -0.280. The maximum atomic E-state index is 12.1. The summed E-state index contributed by atoms with van der Waals surface area (Å²) in [6.07, 6.45) is 2.07. The Morgan fingerprint density at radius 3 is 3.00 bits per heavy atom. The van der Waals surface area contributed by atoms with Crippen LogP contribution in [0.4, 0.5) is 0 Å². The van der Waals surface area contributed by atoms with Crippen LogP contribution in [-0.4, -0.2) is 30.3 Å². The number of esters is 1. The average molecular weight is 345 g/mol. The Kier molecular flexibility index (Phi) is 4.11. The van der Waals surface area contributed by atoms with Gasteiger partial charge in [0, 0.05) is 6.61 Å². The maximum Gasteiger partial charge on any atom is 0.348 e. The van der Waals surface area contributed by atoms with Crippen LogP contribution in [-0.2, 0) is 9.47 Å². The Labute approximate surface area is 141 Å². The van der Waals surface area contributed by atoms with Crippen molar-refractivity contribution in [2.24, 2.45) is 0 Å². The highest BCUT2D eigenvalue weighted by Crippen LogP contribution is 2.34. The number of rotatable bonds is 4. The first kappa shape index (κ1) is 14.8. The predicted octanol–water partition coefficient (Wildman–Crippen LogP) is 4.36. The molecular weight excluding hydrogens is 330 g/mol. The van der Waals surface area contributed by atoms with Gasteiger partial charge in [-0.2, -0.15) is 0 Å². The first-order valence-electron chi connectivity index (χ1n) is 7.54. The zero-order valence-corrected chi connectivity index (χ0v) is 14.0. The lowest BCUT2D eigenvalue weighted by atomic mass is 10.2. The lowest BCUT2D eigenvalue weighted by molar-refractivity contribution is 0.0165. The van der Waals surface area contributed by atoms with Crippen LogP contribution in [0.1, 0.15) is 22.5 Å². The lowest BCUT2D eigenvalue weighted by Gasteiger charge is -2.08. The van der Waals surface area contributed by atoms with Crippen LogP contribution in [0.5, 0.6) is 0 Å². The van der Waals surface area contributed by atoms with Gasteiger partial charge in [0.05, 0.1) is 21.2 Å². The number of thiophene rings is 1. The molecule has 4 nitrogen and oxygen atoms in total. The summed E-state index contributed by atoms with van der Waals surface area (Å²) in [7, 11) is 0. The minimum absolute atomic E-state index is 0.0580. The molecule has 2 aromatic heterocycles. The van der Waals surface area contributed by atoms with Crippen molar-refractivity contribution in [2.45, 2.75) is 18.9 Å². The Balaban J connectivity index is 1.48. The molecule has 1 aliphatic rings. The van der Waals surface area contributed by atoms with E-state index in [2.05, 4.69) is 11.1 Å². The molecule has 0 saturated carbocycles. The van der Waals surface area contributed by atoms with E-state index in [-0.39, 0.29) is 12.1 Å². The van der Waals surface area contributed by atoms with E-state index in [0.29, 0.717) is 11.5 Å². The van der Waals surface area contributed by atoms with Gasteiger partial charge in [-0.1, -0.05) is 12.1 Å². The topological polar surface area (TPSA) is 48.4 Å². The van der Waals surface area contributed by atoms with Gasteiger partial charge in [0.15, 0.2) is 0 Å². The average Bonchev–Trinajstić information content (AvgIpc) is 3.31. The molecule has 6 heteroatoms. The Bertz CT molecular complexity index is 800. The number of aromatic nitrogens is 1. The molecular formula is C17H15NO3S2. The van der Waals surface area contributed by atoms with Crippen LogP contribution >= 0.6 is 22.7 Å². The first-order valence-corrected chi connectivity index (χ1v) is 9.17. The van der Waals surface area contributed by atoms with E-state index in [1.54, 1.807) is 11.3 Å². The zero-order chi connectivity index (χ0) is 15.6. The van der Waals surface area contributed by atoms with Crippen LogP contribution in [0.2, 0.25) is 0 Å². The second kappa shape index (κ2) is 6.39. The number of para-hydroxylation sites is 1. The molecule has 4 rings (SSSR count). The van der Waals surface area contributed by atoms with E-state index in [1.165, 1.54) is 11.3 Å². The molecule has 0 N–H and O–H groups in total. The fraction of sp³-hybridized carbons (Fsp3) is 0.294. The van der Waals surface area contributed by atoms with E-state index >= 15 is 0 Å². The van der Waals surface area contributed by atoms with Gasteiger partial charge in [-0.3, -0.25) is 0 Å². The molecule has 0 bridgehead atoms. The van der Waals surface area contributed by atoms with Crippen molar-refractivity contribution < 1.29 is 14.3 Å². The second-order valence-electron chi connectivity index (χ2n) is 5.38. The smallest absolute Gasteiger partial charge is 0.348 e. The van der Waals surface area contributed by atoms with Gasteiger partial charge in [0.1, 0.15) is 16.5 Å². The summed E-state index contributed by atoms with van der Waals surface area (Å²) in [6, 6.07) is 11.8.